The zero-order valence-corrected chi connectivity index (χ0v) is 7.78. The molecule has 0 aromatic carbocycles. The van der Waals surface area contributed by atoms with Crippen LogP contribution in [-0.2, 0) is 9.05 Å². The molecule has 0 aliphatic carbocycles. The van der Waals surface area contributed by atoms with Crippen molar-refractivity contribution in [2.24, 2.45) is 5.50 Å². The lowest BCUT2D eigenvalue weighted by Gasteiger charge is -2.13. The van der Waals surface area contributed by atoms with Gasteiger partial charge >= 0.3 is 0 Å². The Bertz CT molecular complexity index is 188. The van der Waals surface area contributed by atoms with Crippen molar-refractivity contribution in [1.82, 2.24) is 0 Å². The molecule has 0 fully saturated rings. The van der Waals surface area contributed by atoms with Crippen molar-refractivity contribution in [1.29, 1.82) is 10.5 Å². The highest BCUT2D eigenvalue weighted by atomic mass is 31.2. The van der Waals surface area contributed by atoms with Crippen molar-refractivity contribution in [2.75, 3.05) is 0 Å². The molecule has 5 nitrogen and oxygen atoms in total. The second-order valence-corrected chi connectivity index (χ2v) is 3.03. The van der Waals surface area contributed by atoms with Crippen LogP contribution in [0.3, 0.4) is 0 Å². The first-order chi connectivity index (χ1) is 5.60. The second-order valence-electron chi connectivity index (χ2n) is 2.04. The largest absolute Gasteiger partial charge is 0.304 e. The summed E-state index contributed by atoms with van der Waals surface area (Å²) in [6.45, 7) is 3.12. The number of hydrogen-bond donors (Lipinski definition) is 1. The third-order valence-corrected chi connectivity index (χ3v) is 1.94. The molecule has 66 valence electrons. The second kappa shape index (κ2) is 5.88. The molecule has 0 aliphatic rings. The molecule has 0 spiro atoms. The Kier molecular flexibility index (Phi) is 5.53. The zero-order chi connectivity index (χ0) is 9.56. The smallest absolute Gasteiger partial charge is 0.255 e. The predicted octanol–water partition coefficient (Wildman–Crippen LogP) is 1.03. The summed E-state index contributed by atoms with van der Waals surface area (Å²) < 4.78 is 9.76. The van der Waals surface area contributed by atoms with Gasteiger partial charge in [0.05, 0.1) is 12.1 Å². The van der Waals surface area contributed by atoms with Gasteiger partial charge in [-0.2, -0.15) is 10.5 Å². The maximum Gasteiger partial charge on any atom is 0.255 e. The first kappa shape index (κ1) is 11.3. The van der Waals surface area contributed by atoms with Crippen molar-refractivity contribution >= 4 is 8.53 Å². The zero-order valence-electron chi connectivity index (χ0n) is 6.89. The summed E-state index contributed by atoms with van der Waals surface area (Å²) in [7, 11) is -1.62. The van der Waals surface area contributed by atoms with Crippen LogP contribution < -0.4 is 5.50 Å². The van der Waals surface area contributed by atoms with Gasteiger partial charge in [0.25, 0.3) is 8.53 Å². The van der Waals surface area contributed by atoms with Crippen molar-refractivity contribution < 1.29 is 9.05 Å². The molecular formula is C6H10N3O2P. The fourth-order valence-corrected chi connectivity index (χ4v) is 1.15. The highest BCUT2D eigenvalue weighted by molar-refractivity contribution is 7.44. The van der Waals surface area contributed by atoms with E-state index in [1.54, 1.807) is 13.8 Å². The SMILES string of the molecule is CC(C#N)OP(N)OC(C)C#N. The molecule has 0 saturated heterocycles. The molecule has 0 heterocycles. The van der Waals surface area contributed by atoms with E-state index >= 15 is 0 Å². The maximum atomic E-state index is 8.33. The lowest BCUT2D eigenvalue weighted by Crippen LogP contribution is -2.10. The normalized spacial score (nSPS) is 17.1. The third kappa shape index (κ3) is 5.01. The predicted molar refractivity (Wildman–Crippen MR) is 43.4 cm³/mol. The van der Waals surface area contributed by atoms with Gasteiger partial charge in [-0.15, -0.1) is 0 Å². The molecule has 0 bridgehead atoms. The van der Waals surface area contributed by atoms with Crippen molar-refractivity contribution in [2.45, 2.75) is 26.1 Å². The monoisotopic (exact) mass is 187 g/mol. The quantitative estimate of drug-likeness (QED) is 0.663. The summed E-state index contributed by atoms with van der Waals surface area (Å²) in [5.74, 6) is 0. The number of rotatable bonds is 4. The number of hydrogen-bond acceptors (Lipinski definition) is 5. The van der Waals surface area contributed by atoms with E-state index in [2.05, 4.69) is 0 Å². The van der Waals surface area contributed by atoms with E-state index in [0.717, 1.165) is 0 Å². The summed E-state index contributed by atoms with van der Waals surface area (Å²) in [6.07, 6.45) is -1.21. The highest BCUT2D eigenvalue weighted by Gasteiger charge is 2.12. The Morgan fingerprint density at radius 2 is 1.50 bits per heavy atom. The Hall–Kier alpha value is -0.710. The van der Waals surface area contributed by atoms with Gasteiger partial charge in [0, 0.05) is 0 Å². The lowest BCUT2D eigenvalue weighted by atomic mass is 10.5. The molecule has 2 unspecified atom stereocenters. The van der Waals surface area contributed by atoms with Gasteiger partial charge in [0.1, 0.15) is 12.2 Å². The van der Waals surface area contributed by atoms with E-state index in [-0.39, 0.29) is 0 Å². The molecule has 0 aliphatic heterocycles. The first-order valence-electron chi connectivity index (χ1n) is 3.27. The minimum Gasteiger partial charge on any atom is -0.304 e. The minimum atomic E-state index is -1.62. The van der Waals surface area contributed by atoms with Crippen LogP contribution >= 0.6 is 8.53 Å². The Morgan fingerprint density at radius 3 is 1.75 bits per heavy atom. The summed E-state index contributed by atoms with van der Waals surface area (Å²) in [6, 6.07) is 3.68. The molecule has 0 aromatic rings. The van der Waals surface area contributed by atoms with Gasteiger partial charge in [0.15, 0.2) is 0 Å². The molecule has 0 radical (unpaired) electrons. The number of nitrogens with zero attached hydrogens (tertiary/aromatic N) is 2. The van der Waals surface area contributed by atoms with Crippen LogP contribution in [0.1, 0.15) is 13.8 Å². The average Bonchev–Trinajstić information content (AvgIpc) is 2.03. The molecule has 0 aromatic heterocycles. The number of nitrogens with two attached hydrogens (primary N) is 1. The lowest BCUT2D eigenvalue weighted by molar-refractivity contribution is 0.209. The molecule has 2 N–H and O–H groups in total. The van der Waals surface area contributed by atoms with E-state index < -0.39 is 20.7 Å². The molecule has 6 heteroatoms. The summed E-state index contributed by atoms with van der Waals surface area (Å²) in [4.78, 5) is 0. The summed E-state index contributed by atoms with van der Waals surface area (Å²) >= 11 is 0. The Morgan fingerprint density at radius 1 is 1.17 bits per heavy atom. The van der Waals surface area contributed by atoms with Gasteiger partial charge in [-0.05, 0) is 13.8 Å². The van der Waals surface area contributed by atoms with E-state index in [1.807, 2.05) is 12.1 Å². The Balaban J connectivity index is 3.69. The van der Waals surface area contributed by atoms with E-state index in [1.165, 1.54) is 0 Å². The van der Waals surface area contributed by atoms with Gasteiger partial charge in [-0.1, -0.05) is 0 Å². The van der Waals surface area contributed by atoms with Crippen LogP contribution in [0.25, 0.3) is 0 Å². The summed E-state index contributed by atoms with van der Waals surface area (Å²) in [5, 5.41) is 16.7. The average molecular weight is 187 g/mol. The molecular weight excluding hydrogens is 177 g/mol. The molecule has 0 amide bonds. The highest BCUT2D eigenvalue weighted by Crippen LogP contribution is 2.31. The first-order valence-corrected chi connectivity index (χ1v) is 4.52. The van der Waals surface area contributed by atoms with Crippen LogP contribution in [0, 0.1) is 22.7 Å². The van der Waals surface area contributed by atoms with Crippen molar-refractivity contribution in [3.8, 4) is 12.1 Å². The van der Waals surface area contributed by atoms with E-state index in [9.17, 15) is 0 Å². The van der Waals surface area contributed by atoms with Crippen LogP contribution in [0.4, 0.5) is 0 Å². The minimum absolute atomic E-state index is 0.605. The van der Waals surface area contributed by atoms with Crippen molar-refractivity contribution in [3.05, 3.63) is 0 Å². The van der Waals surface area contributed by atoms with E-state index in [4.69, 9.17) is 25.1 Å². The molecule has 12 heavy (non-hydrogen) atoms. The van der Waals surface area contributed by atoms with Crippen molar-refractivity contribution in [3.63, 3.8) is 0 Å². The fraction of sp³-hybridized carbons (Fsp3) is 0.667. The fourth-order valence-electron chi connectivity index (χ4n) is 0.384. The van der Waals surface area contributed by atoms with Gasteiger partial charge < -0.3 is 9.05 Å². The van der Waals surface area contributed by atoms with Gasteiger partial charge in [0.2, 0.25) is 0 Å². The van der Waals surface area contributed by atoms with Crippen LogP contribution in [-0.4, -0.2) is 12.2 Å². The van der Waals surface area contributed by atoms with Gasteiger partial charge in [-0.3, -0.25) is 5.50 Å². The van der Waals surface area contributed by atoms with Gasteiger partial charge in [-0.25, -0.2) is 0 Å². The molecule has 2 atom stereocenters. The molecule has 0 rings (SSSR count). The standard InChI is InChI=1S/C6H10N3O2P/c1-5(3-7)10-12(9)11-6(2)4-8/h5-6H,9H2,1-2H3. The maximum absolute atomic E-state index is 8.33. The molecule has 0 saturated carbocycles. The van der Waals surface area contributed by atoms with E-state index in [0.29, 0.717) is 0 Å². The number of nitriles is 2. The van der Waals surface area contributed by atoms with Crippen LogP contribution in [0.2, 0.25) is 0 Å². The van der Waals surface area contributed by atoms with Crippen LogP contribution in [0.15, 0.2) is 0 Å². The Labute approximate surface area is 72.6 Å². The topological polar surface area (TPSA) is 92.1 Å². The third-order valence-electron chi connectivity index (χ3n) is 0.888. The summed E-state index contributed by atoms with van der Waals surface area (Å²) in [5.41, 5.74) is 5.34. The van der Waals surface area contributed by atoms with Crippen LogP contribution in [0.5, 0.6) is 0 Å².